The van der Waals surface area contributed by atoms with Gasteiger partial charge < -0.3 is 18.9 Å². The molecule has 36 heavy (non-hydrogen) atoms. The monoisotopic (exact) mass is 485 g/mol. The van der Waals surface area contributed by atoms with Crippen LogP contribution in [-0.4, -0.2) is 32.3 Å². The van der Waals surface area contributed by atoms with Crippen LogP contribution < -0.4 is 14.2 Å². The summed E-state index contributed by atoms with van der Waals surface area (Å²) in [5, 5.41) is 0.724. The average molecular weight is 486 g/mol. The largest absolute Gasteiger partial charge is 0.493 e. The van der Waals surface area contributed by atoms with Crippen LogP contribution >= 0.6 is 0 Å². The first-order valence-electron chi connectivity index (χ1n) is 11.7. The molecule has 0 unspecified atom stereocenters. The lowest BCUT2D eigenvalue weighted by Gasteiger charge is -2.19. The maximum atomic E-state index is 13.3. The predicted octanol–water partition coefficient (Wildman–Crippen LogP) is 6.58. The van der Waals surface area contributed by atoms with Gasteiger partial charge in [0, 0.05) is 10.9 Å². The van der Waals surface area contributed by atoms with Crippen LogP contribution in [0.5, 0.6) is 17.2 Å². The van der Waals surface area contributed by atoms with Crippen molar-refractivity contribution >= 4 is 16.9 Å². The number of benzene rings is 3. The molecule has 4 aromatic rings. The molecule has 4 rings (SSSR count). The Hall–Kier alpha value is -4.06. The van der Waals surface area contributed by atoms with Gasteiger partial charge >= 0.3 is 5.97 Å². The van der Waals surface area contributed by atoms with Gasteiger partial charge in [-0.2, -0.15) is 0 Å². The lowest BCUT2D eigenvalue weighted by atomic mass is 9.87. The molecule has 1 heterocycles. The molecule has 3 aromatic carbocycles. The highest BCUT2D eigenvalue weighted by atomic mass is 16.5. The fourth-order valence-electron chi connectivity index (χ4n) is 4.05. The van der Waals surface area contributed by atoms with Gasteiger partial charge in [-0.05, 0) is 40.8 Å². The van der Waals surface area contributed by atoms with Gasteiger partial charge in [0.1, 0.15) is 6.61 Å². The second-order valence-corrected chi connectivity index (χ2v) is 9.51. The van der Waals surface area contributed by atoms with Crippen molar-refractivity contribution in [2.24, 2.45) is 0 Å². The van der Waals surface area contributed by atoms with E-state index in [1.54, 1.807) is 27.4 Å². The Morgan fingerprint density at radius 3 is 2.06 bits per heavy atom. The minimum atomic E-state index is -0.415. The third-order valence-electron chi connectivity index (χ3n) is 6.09. The summed E-state index contributed by atoms with van der Waals surface area (Å²) in [6.45, 7) is 6.69. The molecular weight excluding hydrogens is 454 g/mol. The Morgan fingerprint density at radius 2 is 1.47 bits per heavy atom. The lowest BCUT2D eigenvalue weighted by Crippen LogP contribution is -2.11. The summed E-state index contributed by atoms with van der Waals surface area (Å²) in [6, 6.07) is 21.0. The number of hydrogen-bond donors (Lipinski definition) is 0. The maximum Gasteiger partial charge on any atom is 0.339 e. The SMILES string of the molecule is COc1cc(-c2cc(C(=O)OCc3ccc(C(C)(C)C)cc3)c3ccccc3n2)cc(OC)c1OC. The quantitative estimate of drug-likeness (QED) is 0.275. The number of carbonyl (C=O) groups is 1. The molecular formula is C30H31NO5. The van der Waals surface area contributed by atoms with E-state index in [9.17, 15) is 4.79 Å². The van der Waals surface area contributed by atoms with E-state index in [4.69, 9.17) is 23.9 Å². The number of esters is 1. The number of pyridine rings is 1. The average Bonchev–Trinajstić information content (AvgIpc) is 2.89. The summed E-state index contributed by atoms with van der Waals surface area (Å²) in [4.78, 5) is 18.1. The van der Waals surface area contributed by atoms with Crippen molar-refractivity contribution in [1.29, 1.82) is 0 Å². The van der Waals surface area contributed by atoms with Crippen LogP contribution in [0, 0.1) is 0 Å². The zero-order valence-electron chi connectivity index (χ0n) is 21.5. The van der Waals surface area contributed by atoms with E-state index in [-0.39, 0.29) is 12.0 Å². The van der Waals surface area contributed by atoms with Crippen LogP contribution in [0.3, 0.4) is 0 Å². The van der Waals surface area contributed by atoms with Crippen LogP contribution in [-0.2, 0) is 16.8 Å². The zero-order valence-corrected chi connectivity index (χ0v) is 21.5. The Bertz CT molecular complexity index is 1360. The van der Waals surface area contributed by atoms with Crippen molar-refractivity contribution in [3.8, 4) is 28.5 Å². The fourth-order valence-corrected chi connectivity index (χ4v) is 4.05. The Balaban J connectivity index is 1.69. The smallest absolute Gasteiger partial charge is 0.339 e. The molecule has 6 heteroatoms. The highest BCUT2D eigenvalue weighted by Gasteiger charge is 2.19. The van der Waals surface area contributed by atoms with Gasteiger partial charge in [0.25, 0.3) is 0 Å². The van der Waals surface area contributed by atoms with Crippen LogP contribution in [0.25, 0.3) is 22.2 Å². The number of para-hydroxylation sites is 1. The summed E-state index contributed by atoms with van der Waals surface area (Å²) in [6.07, 6.45) is 0. The predicted molar refractivity (Wildman–Crippen MR) is 141 cm³/mol. The standard InChI is InChI=1S/C30H31NO5/c1-30(2,3)21-13-11-19(12-14-21)18-36-29(32)23-17-25(31-24-10-8-7-9-22(23)24)20-15-26(33-4)28(35-6)27(16-20)34-5/h7-17H,18H2,1-6H3. The number of fused-ring (bicyclic) bond motifs is 1. The molecule has 0 saturated heterocycles. The van der Waals surface area contributed by atoms with Gasteiger partial charge in [0.2, 0.25) is 5.75 Å². The van der Waals surface area contributed by atoms with E-state index in [2.05, 4.69) is 32.9 Å². The van der Waals surface area contributed by atoms with Crippen molar-refractivity contribution < 1.29 is 23.7 Å². The van der Waals surface area contributed by atoms with Crippen molar-refractivity contribution in [3.05, 3.63) is 83.4 Å². The topological polar surface area (TPSA) is 66.9 Å². The lowest BCUT2D eigenvalue weighted by molar-refractivity contribution is 0.0475. The second kappa shape index (κ2) is 10.3. The van der Waals surface area contributed by atoms with Gasteiger partial charge in [-0.25, -0.2) is 9.78 Å². The van der Waals surface area contributed by atoms with E-state index in [1.807, 2.05) is 48.5 Å². The third-order valence-corrected chi connectivity index (χ3v) is 6.09. The van der Waals surface area contributed by atoms with Crippen molar-refractivity contribution in [1.82, 2.24) is 4.98 Å². The molecule has 0 fully saturated rings. The summed E-state index contributed by atoms with van der Waals surface area (Å²) in [7, 11) is 4.68. The first-order valence-corrected chi connectivity index (χ1v) is 11.7. The van der Waals surface area contributed by atoms with Crippen LogP contribution in [0.1, 0.15) is 42.3 Å². The summed E-state index contributed by atoms with van der Waals surface area (Å²) in [5.41, 5.74) is 4.67. The molecule has 6 nitrogen and oxygen atoms in total. The van der Waals surface area contributed by atoms with Crippen LogP contribution in [0.4, 0.5) is 0 Å². The molecule has 0 radical (unpaired) electrons. The molecule has 0 saturated carbocycles. The van der Waals surface area contributed by atoms with Gasteiger partial charge in [0.15, 0.2) is 11.5 Å². The van der Waals surface area contributed by atoms with Gasteiger partial charge in [-0.3, -0.25) is 0 Å². The minimum Gasteiger partial charge on any atom is -0.493 e. The first-order chi connectivity index (χ1) is 17.2. The molecule has 0 bridgehead atoms. The number of rotatable bonds is 7. The molecule has 0 spiro atoms. The first kappa shape index (κ1) is 25.0. The number of nitrogens with zero attached hydrogens (tertiary/aromatic N) is 1. The fraction of sp³-hybridized carbons (Fsp3) is 0.267. The molecule has 0 atom stereocenters. The number of carbonyl (C=O) groups excluding carboxylic acids is 1. The number of methoxy groups -OCH3 is 3. The van der Waals surface area contributed by atoms with E-state index < -0.39 is 5.97 Å². The van der Waals surface area contributed by atoms with Crippen molar-refractivity contribution in [3.63, 3.8) is 0 Å². The highest BCUT2D eigenvalue weighted by Crippen LogP contribution is 2.41. The zero-order chi connectivity index (χ0) is 25.9. The van der Waals surface area contributed by atoms with Crippen molar-refractivity contribution in [2.45, 2.75) is 32.8 Å². The number of ether oxygens (including phenoxy) is 4. The van der Waals surface area contributed by atoms with E-state index in [0.717, 1.165) is 16.5 Å². The van der Waals surface area contributed by atoms with Gasteiger partial charge in [-0.15, -0.1) is 0 Å². The molecule has 1 aromatic heterocycles. The summed E-state index contributed by atoms with van der Waals surface area (Å²) < 4.78 is 22.2. The Morgan fingerprint density at radius 1 is 0.833 bits per heavy atom. The van der Waals surface area contributed by atoms with E-state index in [1.165, 1.54) is 5.56 Å². The van der Waals surface area contributed by atoms with Crippen LogP contribution in [0.15, 0.2) is 66.7 Å². The summed E-state index contributed by atoms with van der Waals surface area (Å²) in [5.74, 6) is 1.08. The Labute approximate surface area is 211 Å². The van der Waals surface area contributed by atoms with E-state index in [0.29, 0.717) is 34.0 Å². The maximum absolute atomic E-state index is 13.3. The highest BCUT2D eigenvalue weighted by molar-refractivity contribution is 6.04. The van der Waals surface area contributed by atoms with Crippen molar-refractivity contribution in [2.75, 3.05) is 21.3 Å². The third kappa shape index (κ3) is 5.13. The molecule has 0 aliphatic carbocycles. The molecule has 0 N–H and O–H groups in total. The normalized spacial score (nSPS) is 11.3. The molecule has 186 valence electrons. The minimum absolute atomic E-state index is 0.0639. The van der Waals surface area contributed by atoms with E-state index >= 15 is 0 Å². The molecule has 0 aliphatic heterocycles. The molecule has 0 amide bonds. The van der Waals surface area contributed by atoms with Crippen LogP contribution in [0.2, 0.25) is 0 Å². The van der Waals surface area contributed by atoms with Gasteiger partial charge in [0.05, 0.1) is 38.1 Å². The Kier molecular flexibility index (Phi) is 7.15. The molecule has 0 aliphatic rings. The summed E-state index contributed by atoms with van der Waals surface area (Å²) >= 11 is 0. The number of hydrogen-bond acceptors (Lipinski definition) is 6. The number of aromatic nitrogens is 1. The van der Waals surface area contributed by atoms with Gasteiger partial charge in [-0.1, -0.05) is 63.2 Å². The second-order valence-electron chi connectivity index (χ2n) is 9.51.